The van der Waals surface area contributed by atoms with Crippen LogP contribution in [-0.4, -0.2) is 19.2 Å². The molecule has 3 heteroatoms. The lowest BCUT2D eigenvalue weighted by molar-refractivity contribution is 0.350. The van der Waals surface area contributed by atoms with E-state index in [0.717, 1.165) is 0 Å². The molecule has 1 aliphatic heterocycles. The Morgan fingerprint density at radius 1 is 1.83 bits per heavy atom. The van der Waals surface area contributed by atoms with Gasteiger partial charge in [-0.3, -0.25) is 0 Å². The fourth-order valence-electron chi connectivity index (χ4n) is 0.335. The highest BCUT2D eigenvalue weighted by Crippen LogP contribution is 1.83. The molecule has 0 aromatic rings. The van der Waals surface area contributed by atoms with Crippen molar-refractivity contribution in [2.24, 2.45) is 0 Å². The Hall–Kier alpha value is -0.730. The van der Waals surface area contributed by atoms with Crippen LogP contribution < -0.4 is 5.32 Å². The Kier molecular flexibility index (Phi) is 0.670. The van der Waals surface area contributed by atoms with E-state index in [1.54, 1.807) is 0 Å². The molecule has 1 heterocycles. The summed E-state index contributed by atoms with van der Waals surface area (Å²) < 4.78 is 4.57. The minimum absolute atomic E-state index is 0.0787. The van der Waals surface area contributed by atoms with Gasteiger partial charge in [-0.2, -0.15) is 0 Å². The maximum Gasteiger partial charge on any atom is 0.304 e. The van der Waals surface area contributed by atoms with E-state index in [-0.39, 0.29) is 6.02 Å². The molecule has 0 saturated carbocycles. The Labute approximate surface area is 35.8 Å². The predicted molar refractivity (Wildman–Crippen MR) is 20.7 cm³/mol. The Morgan fingerprint density at radius 2 is 2.67 bits per heavy atom. The molecule has 0 aromatic carbocycles. The largest absolute Gasteiger partial charge is 0.462 e. The third-order valence-electron chi connectivity index (χ3n) is 0.585. The number of rotatable bonds is 0. The van der Waals surface area contributed by atoms with Gasteiger partial charge in [0.05, 0.1) is 6.54 Å². The zero-order valence-corrected chi connectivity index (χ0v) is 3.27. The second kappa shape index (κ2) is 1.16. The smallest absolute Gasteiger partial charge is 0.304 e. The fraction of sp³-hybridized carbons (Fsp3) is 0.667. The van der Waals surface area contributed by atoms with Crippen LogP contribution in [0.5, 0.6) is 0 Å². The molecule has 33 valence electrons. The van der Waals surface area contributed by atoms with Gasteiger partial charge in [-0.25, -0.2) is 10.7 Å². The topological polar surface area (TPSA) is 47.2 Å². The maximum atomic E-state index is 6.66. The molecule has 1 saturated heterocycles. The van der Waals surface area contributed by atoms with Crippen LogP contribution in [0.1, 0.15) is 0 Å². The number of amidine groups is 1. The highest BCUT2D eigenvalue weighted by molar-refractivity contribution is 5.70. The van der Waals surface area contributed by atoms with Gasteiger partial charge in [-0.15, -0.1) is 0 Å². The summed E-state index contributed by atoms with van der Waals surface area (Å²) in [6.45, 7) is 1.26. The van der Waals surface area contributed by atoms with Gasteiger partial charge in [0.1, 0.15) is 6.61 Å². The van der Waals surface area contributed by atoms with Gasteiger partial charge in [0.25, 0.3) is 0 Å². The van der Waals surface area contributed by atoms with Crippen molar-refractivity contribution in [3.8, 4) is 0 Å². The van der Waals surface area contributed by atoms with E-state index in [9.17, 15) is 0 Å². The lowest BCUT2D eigenvalue weighted by Crippen LogP contribution is -2.03. The summed E-state index contributed by atoms with van der Waals surface area (Å²) in [7, 11) is 0. The van der Waals surface area contributed by atoms with Crippen molar-refractivity contribution < 1.29 is 4.74 Å². The summed E-state index contributed by atoms with van der Waals surface area (Å²) in [5.74, 6) is 0. The average molecular weight is 85.1 g/mol. The number of nitrogens with zero attached hydrogens (tertiary/aromatic N) is 1. The molecule has 0 atom stereocenters. The Balaban J connectivity index is 2.37. The van der Waals surface area contributed by atoms with Gasteiger partial charge >= 0.3 is 6.02 Å². The minimum atomic E-state index is 0.0787. The van der Waals surface area contributed by atoms with E-state index in [1.807, 2.05) is 0 Å². The zero-order chi connectivity index (χ0) is 4.41. The fourth-order valence-corrected chi connectivity index (χ4v) is 0.335. The highest BCUT2D eigenvalue weighted by atomic mass is 16.5. The Morgan fingerprint density at radius 3 is 2.83 bits per heavy atom. The van der Waals surface area contributed by atoms with Crippen LogP contribution in [0, 0.1) is 5.41 Å². The summed E-state index contributed by atoms with van der Waals surface area (Å²) in [5, 5.41) is 10.3. The molecule has 3 nitrogen and oxygen atoms in total. The monoisotopic (exact) mass is 85.0 g/mol. The third-order valence-corrected chi connectivity index (χ3v) is 0.585. The lowest BCUT2D eigenvalue weighted by Gasteiger charge is -1.82. The summed E-state index contributed by atoms with van der Waals surface area (Å²) in [4.78, 5) is 0. The second-order valence-corrected chi connectivity index (χ2v) is 1.04. The molecule has 0 spiro atoms. The number of hydrogen-bond donors (Lipinski definition) is 1. The molecule has 1 N–H and O–H groups in total. The van der Waals surface area contributed by atoms with Crippen molar-refractivity contribution in [1.82, 2.24) is 5.32 Å². The van der Waals surface area contributed by atoms with Crippen molar-refractivity contribution in [3.63, 3.8) is 0 Å². The van der Waals surface area contributed by atoms with E-state index in [4.69, 9.17) is 5.41 Å². The van der Waals surface area contributed by atoms with E-state index in [2.05, 4.69) is 10.1 Å². The van der Waals surface area contributed by atoms with E-state index in [1.165, 1.54) is 0 Å². The molecular weight excluding hydrogens is 80.0 g/mol. The van der Waals surface area contributed by atoms with Crippen molar-refractivity contribution in [3.05, 3.63) is 0 Å². The molecule has 0 aliphatic carbocycles. The standard InChI is InChI=1S/C3H5N2O/c4-3-5-1-2-6-3/h4H,1-2H2. The molecule has 0 unspecified atom stereocenters. The van der Waals surface area contributed by atoms with Crippen molar-refractivity contribution in [2.45, 2.75) is 0 Å². The molecule has 0 amide bonds. The van der Waals surface area contributed by atoms with Gasteiger partial charge < -0.3 is 4.74 Å². The van der Waals surface area contributed by atoms with Crippen LogP contribution in [0.2, 0.25) is 0 Å². The second-order valence-electron chi connectivity index (χ2n) is 1.04. The molecule has 0 aromatic heterocycles. The number of hydrogen-bond acceptors (Lipinski definition) is 2. The first kappa shape index (κ1) is 3.46. The molecule has 1 aliphatic rings. The number of ether oxygens (including phenoxy) is 1. The minimum Gasteiger partial charge on any atom is -0.462 e. The summed E-state index contributed by atoms with van der Waals surface area (Å²) in [6, 6.07) is 0.0787. The molecule has 6 heavy (non-hydrogen) atoms. The van der Waals surface area contributed by atoms with Crippen LogP contribution in [-0.2, 0) is 4.74 Å². The highest BCUT2D eigenvalue weighted by Gasteiger charge is 2.04. The zero-order valence-electron chi connectivity index (χ0n) is 3.27. The first-order valence-electron chi connectivity index (χ1n) is 1.78. The lowest BCUT2D eigenvalue weighted by atomic mass is 10.7. The normalized spacial score (nSPS) is 19.7. The summed E-state index contributed by atoms with van der Waals surface area (Å²) >= 11 is 0. The third kappa shape index (κ3) is 0.429. The van der Waals surface area contributed by atoms with Gasteiger partial charge in [0.15, 0.2) is 0 Å². The number of nitrogens with one attached hydrogen (secondary N) is 1. The Bertz CT molecular complexity index is 63.2. The van der Waals surface area contributed by atoms with Gasteiger partial charge in [0.2, 0.25) is 0 Å². The molecule has 1 fully saturated rings. The van der Waals surface area contributed by atoms with Crippen molar-refractivity contribution in [1.29, 1.82) is 5.41 Å². The van der Waals surface area contributed by atoms with Crippen LogP contribution in [0.15, 0.2) is 0 Å². The van der Waals surface area contributed by atoms with Crippen LogP contribution in [0.3, 0.4) is 0 Å². The van der Waals surface area contributed by atoms with Gasteiger partial charge in [-0.1, -0.05) is 0 Å². The summed E-state index contributed by atoms with van der Waals surface area (Å²) in [6.07, 6.45) is 0. The molecule has 1 radical (unpaired) electrons. The predicted octanol–water partition coefficient (Wildman–Crippen LogP) is -0.444. The van der Waals surface area contributed by atoms with Gasteiger partial charge in [-0.05, 0) is 0 Å². The molecule has 1 rings (SSSR count). The summed E-state index contributed by atoms with van der Waals surface area (Å²) in [5.41, 5.74) is 0. The molecular formula is C3H5N2O. The van der Waals surface area contributed by atoms with Crippen LogP contribution in [0.25, 0.3) is 0 Å². The van der Waals surface area contributed by atoms with E-state index < -0.39 is 0 Å². The van der Waals surface area contributed by atoms with Crippen molar-refractivity contribution in [2.75, 3.05) is 13.2 Å². The SMILES string of the molecule is N=C1[N]CCO1. The first-order chi connectivity index (χ1) is 2.89. The quantitative estimate of drug-likeness (QED) is 0.425. The average Bonchev–Trinajstić information content (AvgIpc) is 1.86. The van der Waals surface area contributed by atoms with Crippen LogP contribution >= 0.6 is 0 Å². The molecule has 0 bridgehead atoms. The first-order valence-corrected chi connectivity index (χ1v) is 1.78. The van der Waals surface area contributed by atoms with E-state index >= 15 is 0 Å². The van der Waals surface area contributed by atoms with Gasteiger partial charge in [0, 0.05) is 0 Å². The van der Waals surface area contributed by atoms with E-state index in [0.29, 0.717) is 13.2 Å². The van der Waals surface area contributed by atoms with Crippen molar-refractivity contribution >= 4 is 6.02 Å². The maximum absolute atomic E-state index is 6.66. The van der Waals surface area contributed by atoms with Crippen LogP contribution in [0.4, 0.5) is 0 Å².